The molecule has 1 aliphatic rings. The Morgan fingerprint density at radius 3 is 1.19 bits per heavy atom. The monoisotopic (exact) mass is 1100 g/mol. The van der Waals surface area contributed by atoms with E-state index in [-0.39, 0.29) is 20.9 Å². The van der Waals surface area contributed by atoms with E-state index in [0.29, 0.717) is 0 Å². The van der Waals surface area contributed by atoms with Crippen LogP contribution < -0.4 is 9.80 Å². The Morgan fingerprint density at radius 2 is 0.750 bits per heavy atom. The summed E-state index contributed by atoms with van der Waals surface area (Å²) >= 11 is 0. The highest BCUT2D eigenvalue weighted by Gasteiger charge is 2.31. The molecule has 0 aliphatic heterocycles. The van der Waals surface area contributed by atoms with Crippen LogP contribution in [0.3, 0.4) is 0 Å². The standard InChI is InChI=1S/C74H49N7O2S/c75-48-50-45-51(49-76)47-62(46-50)84(82,83)61-43-41-60(42-44-61)81-68-32-18-15-29-65(68)71-73-69(63-27-13-16-30-66(63)79(73)58-37-33-56(34-38-58)77(52-19-5-1-6-20-52)53-21-7-2-8-22-53)72-70(74(71)81)64-28-14-17-31-67(64)80(72)59-39-35-57(36-40-59)78(54-23-9-3-10-24-54)55-25-11-4-12-26-55/h1-16,18-30,32-47H,17,31H2. The summed E-state index contributed by atoms with van der Waals surface area (Å²) in [5.41, 5.74) is 16.7. The second kappa shape index (κ2) is 20.1. The molecule has 9 nitrogen and oxygen atoms in total. The molecule has 1 aliphatic carbocycles. The third-order valence-electron chi connectivity index (χ3n) is 16.3. The van der Waals surface area contributed by atoms with E-state index in [2.05, 4.69) is 230 Å². The number of nitrogens with zero attached hydrogens (tertiary/aromatic N) is 7. The molecule has 0 fully saturated rings. The normalized spacial score (nSPS) is 12.2. The fourth-order valence-corrected chi connectivity index (χ4v) is 14.0. The third-order valence-corrected chi connectivity index (χ3v) is 18.0. The molecular weight excluding hydrogens is 1050 g/mol. The van der Waals surface area contributed by atoms with Gasteiger partial charge in [0.25, 0.3) is 0 Å². The van der Waals surface area contributed by atoms with Crippen LogP contribution in [0, 0.1) is 22.7 Å². The molecule has 0 bridgehead atoms. The highest BCUT2D eigenvalue weighted by molar-refractivity contribution is 7.91. The molecule has 15 rings (SSSR count). The van der Waals surface area contributed by atoms with E-state index in [4.69, 9.17) is 0 Å². The number of para-hydroxylation sites is 6. The van der Waals surface area contributed by atoms with E-state index in [9.17, 15) is 18.9 Å². The van der Waals surface area contributed by atoms with Gasteiger partial charge < -0.3 is 23.5 Å². The number of nitriles is 2. The van der Waals surface area contributed by atoms with E-state index in [1.807, 2.05) is 48.5 Å². The van der Waals surface area contributed by atoms with Gasteiger partial charge in [-0.25, -0.2) is 8.42 Å². The molecule has 398 valence electrons. The maximum absolute atomic E-state index is 14.4. The van der Waals surface area contributed by atoms with E-state index in [0.717, 1.165) is 124 Å². The van der Waals surface area contributed by atoms with Crippen molar-refractivity contribution in [2.75, 3.05) is 9.80 Å². The third kappa shape index (κ3) is 8.00. The Bertz CT molecular complexity index is 5020. The number of rotatable bonds is 11. The number of fused-ring (bicyclic) bond motifs is 12. The van der Waals surface area contributed by atoms with Crippen molar-refractivity contribution < 1.29 is 8.42 Å². The molecule has 3 aromatic heterocycles. The fraction of sp³-hybridized carbons (Fsp3) is 0.0270. The van der Waals surface area contributed by atoms with Crippen molar-refractivity contribution in [2.24, 2.45) is 0 Å². The number of hydrogen-bond donors (Lipinski definition) is 0. The van der Waals surface area contributed by atoms with Crippen molar-refractivity contribution in [1.82, 2.24) is 13.7 Å². The smallest absolute Gasteiger partial charge is 0.206 e. The average Bonchev–Trinajstić information content (AvgIpc) is 1.54. The summed E-state index contributed by atoms with van der Waals surface area (Å²) in [7, 11) is -4.14. The van der Waals surface area contributed by atoms with Gasteiger partial charge in [0.1, 0.15) is 0 Å². The minimum atomic E-state index is -4.14. The van der Waals surface area contributed by atoms with Crippen LogP contribution in [0.25, 0.3) is 77.7 Å². The van der Waals surface area contributed by atoms with Crippen molar-refractivity contribution in [3.05, 3.63) is 289 Å². The number of aromatic nitrogens is 3. The maximum atomic E-state index is 14.4. The lowest BCUT2D eigenvalue weighted by Crippen LogP contribution is -2.10. The molecule has 0 amide bonds. The van der Waals surface area contributed by atoms with Crippen LogP contribution in [-0.4, -0.2) is 22.1 Å². The summed E-state index contributed by atoms with van der Waals surface area (Å²) in [6.45, 7) is 0. The van der Waals surface area contributed by atoms with Crippen LogP contribution in [0.4, 0.5) is 34.1 Å². The van der Waals surface area contributed by atoms with E-state index < -0.39 is 9.84 Å². The predicted molar refractivity (Wildman–Crippen MR) is 340 cm³/mol. The number of hydrogen-bond acceptors (Lipinski definition) is 6. The summed E-state index contributed by atoms with van der Waals surface area (Å²) < 4.78 is 36.1. The second-order valence-corrected chi connectivity index (χ2v) is 23.0. The SMILES string of the molecule is N#Cc1cc(C#N)cc(S(=O)(=O)c2ccc(-n3c4ccccc4c4c3c3c5c(n(-c6ccc(N(c7ccccc7)c7ccccc7)cc6)c3c3c6ccccc6n(-c6ccc(N(c7ccccc7)c7ccccc7)cc6)c34)CCC=C5)cc2)c1. The van der Waals surface area contributed by atoms with Gasteiger partial charge in [-0.15, -0.1) is 0 Å². The molecule has 3 heterocycles. The molecule has 0 atom stereocenters. The lowest BCUT2D eigenvalue weighted by Gasteiger charge is -2.26. The Labute approximate surface area is 485 Å². The van der Waals surface area contributed by atoms with Gasteiger partial charge >= 0.3 is 0 Å². The van der Waals surface area contributed by atoms with Gasteiger partial charge in [-0.3, -0.25) is 0 Å². The van der Waals surface area contributed by atoms with Gasteiger partial charge in [-0.05, 0) is 165 Å². The zero-order valence-corrected chi connectivity index (χ0v) is 46.1. The van der Waals surface area contributed by atoms with Crippen LogP contribution >= 0.6 is 0 Å². The van der Waals surface area contributed by atoms with E-state index in [1.54, 1.807) is 12.1 Å². The highest BCUT2D eigenvalue weighted by Crippen LogP contribution is 2.51. The van der Waals surface area contributed by atoms with E-state index in [1.165, 1.54) is 23.9 Å². The molecule has 14 aromatic rings. The lowest BCUT2D eigenvalue weighted by molar-refractivity contribution is 0.596. The van der Waals surface area contributed by atoms with Crippen molar-refractivity contribution in [3.63, 3.8) is 0 Å². The first-order valence-corrected chi connectivity index (χ1v) is 29.4. The van der Waals surface area contributed by atoms with Crippen LogP contribution in [0.15, 0.2) is 277 Å². The molecular formula is C74H49N7O2S. The van der Waals surface area contributed by atoms with E-state index >= 15 is 0 Å². The Morgan fingerprint density at radius 1 is 0.381 bits per heavy atom. The minimum Gasteiger partial charge on any atom is -0.312 e. The summed E-state index contributed by atoms with van der Waals surface area (Å²) in [5.74, 6) is 0. The lowest BCUT2D eigenvalue weighted by atomic mass is 9.98. The largest absolute Gasteiger partial charge is 0.312 e. The van der Waals surface area contributed by atoms with Crippen molar-refractivity contribution in [1.29, 1.82) is 10.5 Å². The number of benzene rings is 11. The summed E-state index contributed by atoms with van der Waals surface area (Å²) in [5, 5.41) is 25.0. The van der Waals surface area contributed by atoms with Gasteiger partial charge in [0.2, 0.25) is 9.84 Å². The summed E-state index contributed by atoms with van der Waals surface area (Å²) in [4.78, 5) is 4.51. The summed E-state index contributed by atoms with van der Waals surface area (Å²) in [6.07, 6.45) is 6.26. The minimum absolute atomic E-state index is 0.0493. The van der Waals surface area contributed by atoms with Gasteiger partial charge in [0, 0.05) is 89.4 Å². The van der Waals surface area contributed by atoms with Gasteiger partial charge in [-0.2, -0.15) is 10.5 Å². The zero-order valence-electron chi connectivity index (χ0n) is 45.3. The van der Waals surface area contributed by atoms with Crippen LogP contribution in [0.1, 0.15) is 28.8 Å². The number of anilines is 6. The molecule has 10 heteroatoms. The predicted octanol–water partition coefficient (Wildman–Crippen LogP) is 18.3. The van der Waals surface area contributed by atoms with Gasteiger partial charge in [-0.1, -0.05) is 121 Å². The highest BCUT2D eigenvalue weighted by atomic mass is 32.2. The Hall–Kier alpha value is -11.2. The first kappa shape index (κ1) is 49.8. The van der Waals surface area contributed by atoms with Crippen LogP contribution in [0.2, 0.25) is 0 Å². The molecule has 0 N–H and O–H groups in total. The average molecular weight is 1100 g/mol. The molecule has 0 spiro atoms. The van der Waals surface area contributed by atoms with Gasteiger partial charge in [0.05, 0.1) is 60.6 Å². The van der Waals surface area contributed by atoms with Crippen molar-refractivity contribution in [2.45, 2.75) is 22.6 Å². The first-order chi connectivity index (χ1) is 41.4. The van der Waals surface area contributed by atoms with Gasteiger partial charge in [0.15, 0.2) is 0 Å². The molecule has 0 saturated heterocycles. The molecule has 84 heavy (non-hydrogen) atoms. The molecule has 0 radical (unpaired) electrons. The van der Waals surface area contributed by atoms with Crippen molar-refractivity contribution >= 4 is 105 Å². The van der Waals surface area contributed by atoms with Crippen LogP contribution in [0.5, 0.6) is 0 Å². The molecule has 0 saturated carbocycles. The van der Waals surface area contributed by atoms with Crippen molar-refractivity contribution in [3.8, 4) is 29.2 Å². The van der Waals surface area contributed by atoms with Crippen LogP contribution in [-0.2, 0) is 16.3 Å². The Kier molecular flexibility index (Phi) is 11.9. The Balaban J connectivity index is 1.03. The quantitative estimate of drug-likeness (QED) is 0.128. The fourth-order valence-electron chi connectivity index (χ4n) is 12.7. The zero-order chi connectivity index (χ0) is 56.5. The number of sulfone groups is 1. The first-order valence-electron chi connectivity index (χ1n) is 27.9. The maximum Gasteiger partial charge on any atom is 0.206 e. The summed E-state index contributed by atoms with van der Waals surface area (Å²) in [6, 6.07) is 92.1. The molecule has 0 unspecified atom stereocenters. The molecule has 11 aromatic carbocycles. The number of allylic oxidation sites excluding steroid dienone is 1. The second-order valence-electron chi connectivity index (χ2n) is 21.0. The topological polar surface area (TPSA) is 103 Å².